The Morgan fingerprint density at radius 3 is 2.58 bits per heavy atom. The van der Waals surface area contributed by atoms with Crippen molar-refractivity contribution in [3.63, 3.8) is 0 Å². The Labute approximate surface area is 148 Å². The molecule has 3 rings (SSSR count). The molecule has 0 saturated heterocycles. The molecule has 0 radical (unpaired) electrons. The first kappa shape index (κ1) is 18.0. The van der Waals surface area contributed by atoms with Crippen molar-refractivity contribution in [2.75, 3.05) is 7.11 Å². The molecule has 138 valence electrons. The number of aliphatic hydroxyl groups is 2. The molecule has 3 N–H and O–H groups in total. The molecule has 1 heterocycles. The van der Waals surface area contributed by atoms with E-state index in [1.165, 1.54) is 19.4 Å². The van der Waals surface area contributed by atoms with Crippen LogP contribution >= 0.6 is 0 Å². The topological polar surface area (TPSA) is 118 Å². The van der Waals surface area contributed by atoms with Gasteiger partial charge in [-0.15, -0.1) is 0 Å². The lowest BCUT2D eigenvalue weighted by molar-refractivity contribution is -0.0169. The number of aliphatic hydroxyl groups excluding tert-OH is 2. The van der Waals surface area contributed by atoms with Crippen molar-refractivity contribution >= 4 is 5.97 Å². The molecule has 1 saturated carbocycles. The van der Waals surface area contributed by atoms with Crippen molar-refractivity contribution in [1.82, 2.24) is 4.57 Å². The molecule has 0 spiro atoms. The second-order valence-electron chi connectivity index (χ2n) is 6.09. The Morgan fingerprint density at radius 1 is 1.15 bits per heavy atom. The van der Waals surface area contributed by atoms with E-state index in [0.717, 1.165) is 10.6 Å². The molecule has 0 bridgehead atoms. The third-order valence-corrected chi connectivity index (χ3v) is 4.47. The Kier molecular flexibility index (Phi) is 4.97. The molecular formula is C18H19NO7. The van der Waals surface area contributed by atoms with Gasteiger partial charge in [-0.3, -0.25) is 4.79 Å². The van der Waals surface area contributed by atoms with Crippen molar-refractivity contribution in [2.24, 2.45) is 0 Å². The van der Waals surface area contributed by atoms with Crippen LogP contribution in [0.25, 0.3) is 0 Å². The van der Waals surface area contributed by atoms with Gasteiger partial charge in [0.05, 0.1) is 18.7 Å². The molecule has 8 heteroatoms. The Bertz CT molecular complexity index is 863. The number of aromatic nitrogens is 1. The van der Waals surface area contributed by atoms with Crippen LogP contribution in [-0.2, 0) is 0 Å². The lowest BCUT2D eigenvalue weighted by atomic mass is 10.2. The minimum atomic E-state index is -1.27. The summed E-state index contributed by atoms with van der Waals surface area (Å²) in [5.41, 5.74) is -0.545. The molecular weight excluding hydrogens is 342 g/mol. The molecule has 1 aromatic carbocycles. The molecule has 2 aromatic rings. The summed E-state index contributed by atoms with van der Waals surface area (Å²) in [6.45, 7) is 0. The maximum Gasteiger partial charge on any atom is 0.337 e. The summed E-state index contributed by atoms with van der Waals surface area (Å²) in [7, 11) is 1.52. The summed E-state index contributed by atoms with van der Waals surface area (Å²) >= 11 is 0. The van der Waals surface area contributed by atoms with Crippen LogP contribution < -0.4 is 15.0 Å². The Morgan fingerprint density at radius 2 is 1.88 bits per heavy atom. The Hall–Kier alpha value is -2.84. The number of carboxylic acids is 1. The van der Waals surface area contributed by atoms with Gasteiger partial charge in [0, 0.05) is 24.8 Å². The number of aromatic carboxylic acids is 1. The van der Waals surface area contributed by atoms with Crippen molar-refractivity contribution in [2.45, 2.75) is 30.8 Å². The lowest BCUT2D eigenvalue weighted by Gasteiger charge is -2.19. The highest BCUT2D eigenvalue weighted by molar-refractivity contribution is 5.87. The highest BCUT2D eigenvalue weighted by atomic mass is 16.5. The van der Waals surface area contributed by atoms with Gasteiger partial charge in [-0.05, 0) is 18.2 Å². The van der Waals surface area contributed by atoms with Gasteiger partial charge in [-0.25, -0.2) is 4.79 Å². The van der Waals surface area contributed by atoms with Gasteiger partial charge in [-0.2, -0.15) is 0 Å². The number of benzene rings is 1. The maximum absolute atomic E-state index is 12.1. The first-order valence-electron chi connectivity index (χ1n) is 8.03. The Balaban J connectivity index is 1.85. The lowest BCUT2D eigenvalue weighted by Crippen LogP contribution is -2.36. The van der Waals surface area contributed by atoms with Gasteiger partial charge >= 0.3 is 5.97 Å². The van der Waals surface area contributed by atoms with Crippen molar-refractivity contribution in [1.29, 1.82) is 0 Å². The smallest absolute Gasteiger partial charge is 0.337 e. The second-order valence-corrected chi connectivity index (χ2v) is 6.09. The number of carbonyl (C=O) groups is 1. The van der Waals surface area contributed by atoms with Crippen LogP contribution in [0.4, 0.5) is 0 Å². The van der Waals surface area contributed by atoms with Crippen LogP contribution in [0.3, 0.4) is 0 Å². The highest BCUT2D eigenvalue weighted by Crippen LogP contribution is 2.33. The first-order valence-corrected chi connectivity index (χ1v) is 8.03. The molecule has 0 unspecified atom stereocenters. The van der Waals surface area contributed by atoms with E-state index in [9.17, 15) is 19.8 Å². The summed E-state index contributed by atoms with van der Waals surface area (Å²) in [6.07, 6.45) is -1.96. The van der Waals surface area contributed by atoms with Crippen LogP contribution in [0.2, 0.25) is 0 Å². The van der Waals surface area contributed by atoms with Crippen LogP contribution in [0.5, 0.6) is 11.5 Å². The molecule has 4 atom stereocenters. The molecule has 1 fully saturated rings. The number of carboxylic acid groups (broad SMARTS) is 1. The van der Waals surface area contributed by atoms with Gasteiger partial charge in [-0.1, -0.05) is 6.07 Å². The number of hydrogen-bond donors (Lipinski definition) is 3. The highest BCUT2D eigenvalue weighted by Gasteiger charge is 2.44. The van der Waals surface area contributed by atoms with Gasteiger partial charge in [0.2, 0.25) is 0 Å². The number of pyridine rings is 1. The van der Waals surface area contributed by atoms with Crippen LogP contribution in [0, 0.1) is 0 Å². The van der Waals surface area contributed by atoms with E-state index in [4.69, 9.17) is 14.6 Å². The summed E-state index contributed by atoms with van der Waals surface area (Å²) in [6, 6.07) is 8.32. The zero-order valence-electron chi connectivity index (χ0n) is 14.0. The molecule has 26 heavy (non-hydrogen) atoms. The largest absolute Gasteiger partial charge is 0.497 e. The molecule has 1 aliphatic carbocycles. The second kappa shape index (κ2) is 7.19. The van der Waals surface area contributed by atoms with E-state index in [-0.39, 0.29) is 12.0 Å². The zero-order valence-corrected chi connectivity index (χ0v) is 14.0. The van der Waals surface area contributed by atoms with Crippen molar-refractivity contribution in [3.8, 4) is 11.5 Å². The zero-order chi connectivity index (χ0) is 18.8. The number of ether oxygens (including phenoxy) is 2. The average Bonchev–Trinajstić information content (AvgIpc) is 2.90. The van der Waals surface area contributed by atoms with Crippen molar-refractivity contribution in [3.05, 3.63) is 58.5 Å². The summed E-state index contributed by atoms with van der Waals surface area (Å²) in [4.78, 5) is 23.2. The van der Waals surface area contributed by atoms with E-state index in [0.29, 0.717) is 11.5 Å². The molecule has 0 amide bonds. The third kappa shape index (κ3) is 3.42. The fourth-order valence-electron chi connectivity index (χ4n) is 3.10. The number of hydrogen-bond acceptors (Lipinski definition) is 6. The van der Waals surface area contributed by atoms with Crippen LogP contribution in [0.1, 0.15) is 22.8 Å². The standard InChI is InChI=1S/C18H19NO7/c1-25-11-3-2-4-12(7-11)26-14-8-13(16(21)17(14)22)19-9-10(18(23)24)5-6-15(19)20/h2-7,9,13-14,16-17,21-22H,8H2,1H3,(H,23,24)/t13-,14-,16+,17+/m1/s1. The number of rotatable bonds is 5. The van der Waals surface area contributed by atoms with Gasteiger partial charge in [0.15, 0.2) is 0 Å². The van der Waals surface area contributed by atoms with E-state index in [1.54, 1.807) is 24.3 Å². The number of nitrogens with zero attached hydrogens (tertiary/aromatic N) is 1. The predicted octanol–water partition coefficient (Wildman–Crippen LogP) is 0.669. The quantitative estimate of drug-likeness (QED) is 0.716. The molecule has 8 nitrogen and oxygen atoms in total. The predicted molar refractivity (Wildman–Crippen MR) is 90.7 cm³/mol. The summed E-state index contributed by atoms with van der Waals surface area (Å²) in [5, 5.41) is 29.8. The van der Waals surface area contributed by atoms with E-state index < -0.39 is 35.9 Å². The van der Waals surface area contributed by atoms with Gasteiger partial charge in [0.1, 0.15) is 29.8 Å². The van der Waals surface area contributed by atoms with E-state index in [2.05, 4.69) is 0 Å². The molecule has 0 aliphatic heterocycles. The van der Waals surface area contributed by atoms with Crippen LogP contribution in [0.15, 0.2) is 47.4 Å². The first-order chi connectivity index (χ1) is 12.4. The maximum atomic E-state index is 12.1. The fraction of sp³-hybridized carbons (Fsp3) is 0.333. The molecule has 1 aliphatic rings. The fourth-order valence-corrected chi connectivity index (χ4v) is 3.10. The average molecular weight is 361 g/mol. The van der Waals surface area contributed by atoms with Crippen molar-refractivity contribution < 1.29 is 29.6 Å². The summed E-state index contributed by atoms with van der Waals surface area (Å²) in [5.74, 6) is -0.152. The SMILES string of the molecule is COc1cccc(O[C@@H]2C[C@@H](n3cc(C(=O)O)ccc3=O)[C@H](O)[C@H]2O)c1. The minimum Gasteiger partial charge on any atom is -0.497 e. The van der Waals surface area contributed by atoms with E-state index >= 15 is 0 Å². The number of methoxy groups -OCH3 is 1. The minimum absolute atomic E-state index is 0.0801. The normalized spacial score (nSPS) is 25.0. The molecule has 1 aromatic heterocycles. The van der Waals surface area contributed by atoms with E-state index in [1.807, 2.05) is 0 Å². The van der Waals surface area contributed by atoms with Gasteiger partial charge in [0.25, 0.3) is 5.56 Å². The van der Waals surface area contributed by atoms with Crippen LogP contribution in [-0.4, -0.2) is 51.3 Å². The summed E-state index contributed by atoms with van der Waals surface area (Å²) < 4.78 is 12.0. The monoisotopic (exact) mass is 361 g/mol. The third-order valence-electron chi connectivity index (χ3n) is 4.47. The van der Waals surface area contributed by atoms with Gasteiger partial charge < -0.3 is 29.4 Å².